The summed E-state index contributed by atoms with van der Waals surface area (Å²) < 4.78 is 18.6. The Morgan fingerprint density at radius 2 is 2.29 bits per heavy atom. The number of amides is 1. The highest BCUT2D eigenvalue weighted by atomic mass is 35.5. The molecule has 4 nitrogen and oxygen atoms in total. The van der Waals surface area contributed by atoms with Crippen LogP contribution in [0.1, 0.15) is 5.56 Å². The van der Waals surface area contributed by atoms with Gasteiger partial charge in [0, 0.05) is 10.6 Å². The normalized spacial score (nSPS) is 9.82. The van der Waals surface area contributed by atoms with E-state index in [1.807, 2.05) is 0 Å². The summed E-state index contributed by atoms with van der Waals surface area (Å²) in [7, 11) is 1.33. The molecule has 6 heteroatoms. The third-order valence-electron chi connectivity index (χ3n) is 2.01. The summed E-state index contributed by atoms with van der Waals surface area (Å²) in [4.78, 5) is 11.4. The van der Waals surface area contributed by atoms with Crippen molar-refractivity contribution in [1.82, 2.24) is 5.32 Å². The van der Waals surface area contributed by atoms with Gasteiger partial charge in [-0.25, -0.2) is 4.39 Å². The van der Waals surface area contributed by atoms with Gasteiger partial charge < -0.3 is 15.8 Å². The number of benzene rings is 1. The Labute approximate surface area is 103 Å². The van der Waals surface area contributed by atoms with Gasteiger partial charge in [0.25, 0.3) is 0 Å². The maximum Gasteiger partial charge on any atom is 0.230 e. The summed E-state index contributed by atoms with van der Waals surface area (Å²) in [6.07, 6.45) is -0.238. The van der Waals surface area contributed by atoms with Crippen LogP contribution in [-0.2, 0) is 11.2 Å². The van der Waals surface area contributed by atoms with E-state index in [-0.39, 0.29) is 28.6 Å². The number of halogens is 2. The SMILES string of the molecule is C=C(N)NC(=O)Cc1c(Cl)ccc(OC)c1F. The van der Waals surface area contributed by atoms with Crippen molar-refractivity contribution in [3.05, 3.63) is 40.9 Å². The molecule has 1 rings (SSSR count). The molecule has 0 aliphatic carbocycles. The fraction of sp³-hybridized carbons (Fsp3) is 0.182. The van der Waals surface area contributed by atoms with Gasteiger partial charge in [0.15, 0.2) is 11.6 Å². The van der Waals surface area contributed by atoms with Crippen LogP contribution in [0.2, 0.25) is 5.02 Å². The monoisotopic (exact) mass is 258 g/mol. The molecule has 0 unspecified atom stereocenters. The van der Waals surface area contributed by atoms with Crippen molar-refractivity contribution in [2.24, 2.45) is 5.73 Å². The van der Waals surface area contributed by atoms with E-state index >= 15 is 0 Å². The van der Waals surface area contributed by atoms with Crippen molar-refractivity contribution in [2.45, 2.75) is 6.42 Å². The summed E-state index contributed by atoms with van der Waals surface area (Å²) in [6, 6.07) is 2.85. The van der Waals surface area contributed by atoms with Crippen LogP contribution >= 0.6 is 11.6 Å². The first kappa shape index (κ1) is 13.3. The molecule has 0 aliphatic rings. The van der Waals surface area contributed by atoms with E-state index in [4.69, 9.17) is 22.1 Å². The molecule has 0 heterocycles. The van der Waals surface area contributed by atoms with Crippen LogP contribution in [0, 0.1) is 5.82 Å². The predicted octanol–water partition coefficient (Wildman–Crippen LogP) is 1.58. The summed E-state index contributed by atoms with van der Waals surface area (Å²) in [5.74, 6) is -1.12. The Morgan fingerprint density at radius 3 is 2.82 bits per heavy atom. The van der Waals surface area contributed by atoms with E-state index in [1.165, 1.54) is 19.2 Å². The van der Waals surface area contributed by atoms with Crippen molar-refractivity contribution in [2.75, 3.05) is 7.11 Å². The Bertz CT molecular complexity index is 463. The Morgan fingerprint density at radius 1 is 1.65 bits per heavy atom. The lowest BCUT2D eigenvalue weighted by Gasteiger charge is -2.09. The molecule has 3 N–H and O–H groups in total. The lowest BCUT2D eigenvalue weighted by atomic mass is 10.1. The van der Waals surface area contributed by atoms with Gasteiger partial charge >= 0.3 is 0 Å². The molecule has 1 amide bonds. The van der Waals surface area contributed by atoms with Crippen LogP contribution in [-0.4, -0.2) is 13.0 Å². The first-order chi connectivity index (χ1) is 7.95. The number of nitrogens with one attached hydrogen (secondary N) is 1. The highest BCUT2D eigenvalue weighted by Crippen LogP contribution is 2.27. The average molecular weight is 259 g/mol. The van der Waals surface area contributed by atoms with E-state index in [2.05, 4.69) is 11.9 Å². The zero-order valence-electron chi connectivity index (χ0n) is 9.22. The Hall–Kier alpha value is -1.75. The maximum atomic E-state index is 13.8. The lowest BCUT2D eigenvalue weighted by Crippen LogP contribution is -2.28. The van der Waals surface area contributed by atoms with Crippen LogP contribution in [0.25, 0.3) is 0 Å². The topological polar surface area (TPSA) is 64.3 Å². The molecule has 0 atom stereocenters. The van der Waals surface area contributed by atoms with Gasteiger partial charge in [-0.1, -0.05) is 18.2 Å². The number of methoxy groups -OCH3 is 1. The summed E-state index contributed by atoms with van der Waals surface area (Å²) in [6.45, 7) is 3.31. The van der Waals surface area contributed by atoms with Gasteiger partial charge in [-0.05, 0) is 12.1 Å². The number of hydrogen-bond acceptors (Lipinski definition) is 3. The third kappa shape index (κ3) is 3.35. The van der Waals surface area contributed by atoms with Gasteiger partial charge in [-0.2, -0.15) is 0 Å². The van der Waals surface area contributed by atoms with Crippen LogP contribution < -0.4 is 15.8 Å². The number of carbonyl (C=O) groups excluding carboxylic acids is 1. The van der Waals surface area contributed by atoms with E-state index in [0.29, 0.717) is 0 Å². The summed E-state index contributed by atoms with van der Waals surface area (Å²) in [5, 5.41) is 2.42. The molecule has 0 saturated carbocycles. The fourth-order valence-electron chi connectivity index (χ4n) is 1.28. The molecule has 0 aromatic heterocycles. The molecule has 1 aromatic carbocycles. The van der Waals surface area contributed by atoms with Gasteiger partial charge in [-0.15, -0.1) is 0 Å². The highest BCUT2D eigenvalue weighted by molar-refractivity contribution is 6.31. The minimum absolute atomic E-state index is 0.00516. The van der Waals surface area contributed by atoms with Crippen molar-refractivity contribution in [1.29, 1.82) is 0 Å². The molecule has 0 radical (unpaired) electrons. The minimum atomic E-state index is -0.655. The van der Waals surface area contributed by atoms with Crippen LogP contribution in [0.15, 0.2) is 24.5 Å². The van der Waals surface area contributed by atoms with Gasteiger partial charge in [0.05, 0.1) is 19.4 Å². The smallest absolute Gasteiger partial charge is 0.230 e. The standard InChI is InChI=1S/C11H12ClFN2O2/c1-6(14)15-10(16)5-7-8(12)3-4-9(17-2)11(7)13/h3-4H,1,5,14H2,2H3,(H,15,16). The van der Waals surface area contributed by atoms with Gasteiger partial charge in [-0.3, -0.25) is 4.79 Å². The maximum absolute atomic E-state index is 13.8. The van der Waals surface area contributed by atoms with Crippen LogP contribution in [0.4, 0.5) is 4.39 Å². The second-order valence-electron chi connectivity index (χ2n) is 3.29. The minimum Gasteiger partial charge on any atom is -0.494 e. The highest BCUT2D eigenvalue weighted by Gasteiger charge is 2.16. The fourth-order valence-corrected chi connectivity index (χ4v) is 1.49. The van der Waals surface area contributed by atoms with Gasteiger partial charge in [0.1, 0.15) is 0 Å². The summed E-state index contributed by atoms with van der Waals surface area (Å²) >= 11 is 5.81. The van der Waals surface area contributed by atoms with Gasteiger partial charge in [0.2, 0.25) is 5.91 Å². The average Bonchev–Trinajstić information content (AvgIpc) is 2.23. The first-order valence-electron chi connectivity index (χ1n) is 4.70. The van der Waals surface area contributed by atoms with Crippen LogP contribution in [0.5, 0.6) is 5.75 Å². The lowest BCUT2D eigenvalue weighted by molar-refractivity contribution is -0.119. The van der Waals surface area contributed by atoms with Crippen molar-refractivity contribution < 1.29 is 13.9 Å². The number of hydrogen-bond donors (Lipinski definition) is 2. The zero-order chi connectivity index (χ0) is 13.0. The van der Waals surface area contributed by atoms with Crippen LogP contribution in [0.3, 0.4) is 0 Å². The third-order valence-corrected chi connectivity index (χ3v) is 2.36. The van der Waals surface area contributed by atoms with Crippen molar-refractivity contribution in [3.63, 3.8) is 0 Å². The predicted molar refractivity (Wildman–Crippen MR) is 63.1 cm³/mol. The molecule has 0 saturated heterocycles. The van der Waals surface area contributed by atoms with E-state index < -0.39 is 11.7 Å². The Balaban J connectivity index is 2.97. The largest absolute Gasteiger partial charge is 0.494 e. The second-order valence-corrected chi connectivity index (χ2v) is 3.70. The quantitative estimate of drug-likeness (QED) is 0.862. The number of nitrogens with two attached hydrogens (primary N) is 1. The summed E-state index contributed by atoms with van der Waals surface area (Å²) in [5.41, 5.74) is 5.26. The molecule has 17 heavy (non-hydrogen) atoms. The van der Waals surface area contributed by atoms with Crippen molar-refractivity contribution in [3.8, 4) is 5.75 Å². The van der Waals surface area contributed by atoms with E-state index in [9.17, 15) is 9.18 Å². The molecular weight excluding hydrogens is 247 g/mol. The zero-order valence-corrected chi connectivity index (χ0v) is 9.97. The molecule has 0 aliphatic heterocycles. The molecule has 0 fully saturated rings. The number of rotatable bonds is 4. The molecule has 1 aromatic rings. The first-order valence-corrected chi connectivity index (χ1v) is 5.08. The van der Waals surface area contributed by atoms with Crippen molar-refractivity contribution >= 4 is 17.5 Å². The molecule has 0 spiro atoms. The molecule has 92 valence electrons. The Kier molecular flexibility index (Phi) is 4.34. The van der Waals surface area contributed by atoms with E-state index in [1.54, 1.807) is 0 Å². The number of carbonyl (C=O) groups is 1. The molecule has 0 bridgehead atoms. The molecular formula is C11H12ClFN2O2. The second kappa shape index (κ2) is 5.54. The number of ether oxygens (including phenoxy) is 1. The van der Waals surface area contributed by atoms with E-state index in [0.717, 1.165) is 0 Å².